The highest BCUT2D eigenvalue weighted by Crippen LogP contribution is 2.37. The molecule has 19 heavy (non-hydrogen) atoms. The van der Waals surface area contributed by atoms with Crippen LogP contribution in [0.2, 0.25) is 0 Å². The highest BCUT2D eigenvalue weighted by Gasteiger charge is 2.24. The fourth-order valence-corrected chi connectivity index (χ4v) is 2.59. The summed E-state index contributed by atoms with van der Waals surface area (Å²) in [5, 5.41) is 10.2. The lowest BCUT2D eigenvalue weighted by Gasteiger charge is -2.27. The molecule has 1 heteroatoms. The van der Waals surface area contributed by atoms with Crippen LogP contribution >= 0.6 is 0 Å². The fraction of sp³-hybridized carbons (Fsp3) is 0.667. The molecule has 0 saturated heterocycles. The van der Waals surface area contributed by atoms with Gasteiger partial charge in [-0.05, 0) is 41.4 Å². The van der Waals surface area contributed by atoms with Crippen LogP contribution in [-0.4, -0.2) is 5.11 Å². The van der Waals surface area contributed by atoms with Crippen LogP contribution in [0.3, 0.4) is 0 Å². The largest absolute Gasteiger partial charge is 0.508 e. The number of benzene rings is 1. The summed E-state index contributed by atoms with van der Waals surface area (Å²) in [4.78, 5) is 0. The zero-order valence-electron chi connectivity index (χ0n) is 13.3. The summed E-state index contributed by atoms with van der Waals surface area (Å²) in [5.74, 6) is 1.01. The molecule has 1 aromatic rings. The second-order valence-corrected chi connectivity index (χ2v) is 6.43. The van der Waals surface area contributed by atoms with Gasteiger partial charge in [0.1, 0.15) is 5.75 Å². The van der Waals surface area contributed by atoms with Crippen molar-refractivity contribution in [1.29, 1.82) is 0 Å². The number of hydrogen-bond acceptors (Lipinski definition) is 1. The lowest BCUT2D eigenvalue weighted by atomic mass is 9.78. The second kappa shape index (κ2) is 6.98. The molecule has 1 unspecified atom stereocenters. The Morgan fingerprint density at radius 1 is 1.16 bits per heavy atom. The van der Waals surface area contributed by atoms with Crippen molar-refractivity contribution in [2.24, 2.45) is 0 Å². The third kappa shape index (κ3) is 4.26. The van der Waals surface area contributed by atoms with E-state index in [0.29, 0.717) is 11.7 Å². The Bertz CT molecular complexity index is 393. The highest BCUT2D eigenvalue weighted by atomic mass is 16.3. The van der Waals surface area contributed by atoms with Gasteiger partial charge in [-0.15, -0.1) is 0 Å². The van der Waals surface area contributed by atoms with Gasteiger partial charge in [-0.25, -0.2) is 0 Å². The Balaban J connectivity index is 2.96. The molecule has 1 rings (SSSR count). The first-order valence-electron chi connectivity index (χ1n) is 7.75. The lowest BCUT2D eigenvalue weighted by Crippen LogP contribution is -2.17. The molecule has 0 aliphatic rings. The minimum absolute atomic E-state index is 0.0583. The van der Waals surface area contributed by atoms with Crippen LogP contribution in [0.4, 0.5) is 0 Å². The van der Waals surface area contributed by atoms with Crippen LogP contribution in [-0.2, 0) is 5.41 Å². The molecule has 0 fully saturated rings. The SMILES string of the molecule is CCCCCC(C)(C)c1cc(C(C)CC)ccc1O. The molecule has 0 bridgehead atoms. The van der Waals surface area contributed by atoms with Crippen LogP contribution in [0.15, 0.2) is 18.2 Å². The lowest BCUT2D eigenvalue weighted by molar-refractivity contribution is 0.407. The predicted molar refractivity (Wildman–Crippen MR) is 84.0 cm³/mol. The van der Waals surface area contributed by atoms with Crippen LogP contribution in [0.25, 0.3) is 0 Å². The molecule has 0 amide bonds. The van der Waals surface area contributed by atoms with Crippen molar-refractivity contribution in [3.05, 3.63) is 29.3 Å². The number of hydrogen-bond donors (Lipinski definition) is 1. The van der Waals surface area contributed by atoms with Crippen LogP contribution in [0.1, 0.15) is 83.8 Å². The van der Waals surface area contributed by atoms with Gasteiger partial charge >= 0.3 is 0 Å². The molecule has 1 N–H and O–H groups in total. The van der Waals surface area contributed by atoms with Gasteiger partial charge in [-0.3, -0.25) is 0 Å². The van der Waals surface area contributed by atoms with E-state index in [2.05, 4.69) is 46.8 Å². The fourth-order valence-electron chi connectivity index (χ4n) is 2.59. The van der Waals surface area contributed by atoms with Crippen molar-refractivity contribution in [2.75, 3.05) is 0 Å². The number of phenols is 1. The van der Waals surface area contributed by atoms with E-state index in [1.54, 1.807) is 0 Å². The van der Waals surface area contributed by atoms with Gasteiger partial charge in [-0.2, -0.15) is 0 Å². The predicted octanol–water partition coefficient (Wildman–Crippen LogP) is 5.76. The Morgan fingerprint density at radius 3 is 2.42 bits per heavy atom. The number of aromatic hydroxyl groups is 1. The molecular weight excluding hydrogens is 232 g/mol. The first kappa shape index (κ1) is 16.1. The summed E-state index contributed by atoms with van der Waals surface area (Å²) in [6, 6.07) is 6.16. The summed E-state index contributed by atoms with van der Waals surface area (Å²) < 4.78 is 0. The summed E-state index contributed by atoms with van der Waals surface area (Å²) in [6.07, 6.45) is 6.03. The molecule has 0 aliphatic heterocycles. The molecule has 0 saturated carbocycles. The monoisotopic (exact) mass is 262 g/mol. The van der Waals surface area contributed by atoms with E-state index in [0.717, 1.165) is 18.4 Å². The molecule has 0 radical (unpaired) electrons. The first-order valence-corrected chi connectivity index (χ1v) is 7.75. The molecule has 0 aliphatic carbocycles. The summed E-state index contributed by atoms with van der Waals surface area (Å²) in [5.41, 5.74) is 2.52. The van der Waals surface area contributed by atoms with Crippen molar-refractivity contribution in [1.82, 2.24) is 0 Å². The highest BCUT2D eigenvalue weighted by molar-refractivity contribution is 5.41. The Morgan fingerprint density at radius 2 is 1.84 bits per heavy atom. The zero-order chi connectivity index (χ0) is 14.5. The number of phenolic OH excluding ortho intramolecular Hbond substituents is 1. The van der Waals surface area contributed by atoms with Crippen molar-refractivity contribution in [2.45, 2.75) is 78.1 Å². The van der Waals surface area contributed by atoms with E-state index in [9.17, 15) is 5.11 Å². The van der Waals surface area contributed by atoms with Gasteiger partial charge in [0.15, 0.2) is 0 Å². The standard InChI is InChI=1S/C18H30O/c1-6-8-9-12-18(4,5)16-13-15(14(3)7-2)10-11-17(16)19/h10-11,13-14,19H,6-9,12H2,1-5H3. The van der Waals surface area contributed by atoms with Gasteiger partial charge in [0.05, 0.1) is 0 Å². The normalized spacial score (nSPS) is 13.5. The van der Waals surface area contributed by atoms with Gasteiger partial charge in [0, 0.05) is 0 Å². The van der Waals surface area contributed by atoms with Crippen LogP contribution in [0.5, 0.6) is 5.75 Å². The van der Waals surface area contributed by atoms with Gasteiger partial charge in [0.2, 0.25) is 0 Å². The van der Waals surface area contributed by atoms with E-state index >= 15 is 0 Å². The molecule has 0 spiro atoms. The Hall–Kier alpha value is -0.980. The summed E-state index contributed by atoms with van der Waals surface area (Å²) >= 11 is 0. The molecule has 1 atom stereocenters. The van der Waals surface area contributed by atoms with Crippen LogP contribution < -0.4 is 0 Å². The summed E-state index contributed by atoms with van der Waals surface area (Å²) in [7, 11) is 0. The Kier molecular flexibility index (Phi) is 5.90. The molecule has 0 heterocycles. The zero-order valence-corrected chi connectivity index (χ0v) is 13.3. The molecule has 108 valence electrons. The average Bonchev–Trinajstić information content (AvgIpc) is 2.38. The van der Waals surface area contributed by atoms with Crippen molar-refractivity contribution in [3.63, 3.8) is 0 Å². The Labute approximate surface area is 119 Å². The summed E-state index contributed by atoms with van der Waals surface area (Å²) in [6.45, 7) is 11.2. The molecule has 0 aromatic heterocycles. The molecular formula is C18H30O. The third-order valence-corrected chi connectivity index (χ3v) is 4.34. The topological polar surface area (TPSA) is 20.2 Å². The maximum Gasteiger partial charge on any atom is 0.119 e. The van der Waals surface area contributed by atoms with Crippen molar-refractivity contribution >= 4 is 0 Å². The van der Waals surface area contributed by atoms with Crippen molar-refractivity contribution in [3.8, 4) is 5.75 Å². The minimum atomic E-state index is 0.0583. The van der Waals surface area contributed by atoms with E-state index in [4.69, 9.17) is 0 Å². The smallest absolute Gasteiger partial charge is 0.119 e. The van der Waals surface area contributed by atoms with Gasteiger partial charge in [0.25, 0.3) is 0 Å². The third-order valence-electron chi connectivity index (χ3n) is 4.34. The van der Waals surface area contributed by atoms with Gasteiger partial charge in [-0.1, -0.05) is 66.0 Å². The van der Waals surface area contributed by atoms with Gasteiger partial charge < -0.3 is 5.11 Å². The average molecular weight is 262 g/mol. The van der Waals surface area contributed by atoms with E-state index in [1.807, 2.05) is 6.07 Å². The molecule has 1 aromatic carbocycles. The second-order valence-electron chi connectivity index (χ2n) is 6.43. The van der Waals surface area contributed by atoms with Crippen LogP contribution in [0, 0.1) is 0 Å². The maximum atomic E-state index is 10.2. The number of unbranched alkanes of at least 4 members (excludes halogenated alkanes) is 2. The maximum absolute atomic E-state index is 10.2. The molecule has 1 nitrogen and oxygen atoms in total. The first-order chi connectivity index (χ1) is 8.92. The van der Waals surface area contributed by atoms with Crippen molar-refractivity contribution < 1.29 is 5.11 Å². The van der Waals surface area contributed by atoms with E-state index < -0.39 is 0 Å². The minimum Gasteiger partial charge on any atom is -0.508 e. The van der Waals surface area contributed by atoms with E-state index in [-0.39, 0.29) is 5.41 Å². The number of rotatable bonds is 7. The van der Waals surface area contributed by atoms with E-state index in [1.165, 1.54) is 24.8 Å². The quantitative estimate of drug-likeness (QED) is 0.619.